The fourth-order valence-corrected chi connectivity index (χ4v) is 4.89. The summed E-state index contributed by atoms with van der Waals surface area (Å²) in [7, 11) is 0. The first kappa shape index (κ1) is 20.6. The summed E-state index contributed by atoms with van der Waals surface area (Å²) >= 11 is 7.53. The van der Waals surface area contributed by atoms with Gasteiger partial charge in [-0.1, -0.05) is 47.5 Å². The van der Waals surface area contributed by atoms with Crippen LogP contribution in [0.1, 0.15) is 34.9 Å². The molecule has 1 aliphatic heterocycles. The average molecular weight is 439 g/mol. The second-order valence-corrected chi connectivity index (χ2v) is 8.96. The Kier molecular flexibility index (Phi) is 6.21. The third-order valence-corrected chi connectivity index (χ3v) is 6.66. The van der Waals surface area contributed by atoms with E-state index in [1.165, 1.54) is 0 Å². The van der Waals surface area contributed by atoms with Gasteiger partial charge < -0.3 is 10.2 Å². The van der Waals surface area contributed by atoms with Crippen LogP contribution in [0.4, 0.5) is 5.69 Å². The number of rotatable bonds is 5. The number of amides is 2. The number of hydrogen-bond donors (Lipinski definition) is 1. The van der Waals surface area contributed by atoms with E-state index in [-0.39, 0.29) is 23.8 Å². The quantitative estimate of drug-likeness (QED) is 0.570. The van der Waals surface area contributed by atoms with Crippen LogP contribution in [-0.4, -0.2) is 11.8 Å². The van der Waals surface area contributed by atoms with E-state index in [1.807, 2.05) is 73.0 Å². The molecule has 0 radical (unpaired) electrons. The topological polar surface area (TPSA) is 49.4 Å². The monoisotopic (exact) mass is 438 g/mol. The molecule has 3 aromatic rings. The molecule has 1 aromatic heterocycles. The molecule has 1 saturated heterocycles. The zero-order valence-electron chi connectivity index (χ0n) is 16.7. The van der Waals surface area contributed by atoms with Crippen molar-refractivity contribution in [1.29, 1.82) is 0 Å². The summed E-state index contributed by atoms with van der Waals surface area (Å²) in [4.78, 5) is 29.0. The Morgan fingerprint density at radius 1 is 1.13 bits per heavy atom. The molecule has 0 aliphatic carbocycles. The summed E-state index contributed by atoms with van der Waals surface area (Å²) in [5.74, 6) is -0.290. The van der Waals surface area contributed by atoms with E-state index in [4.69, 9.17) is 11.6 Å². The smallest absolute Gasteiger partial charge is 0.227 e. The van der Waals surface area contributed by atoms with Crippen LogP contribution in [0.25, 0.3) is 0 Å². The van der Waals surface area contributed by atoms with Gasteiger partial charge in [0.1, 0.15) is 0 Å². The van der Waals surface area contributed by atoms with Crippen molar-refractivity contribution >= 4 is 40.4 Å². The Hall–Kier alpha value is -2.63. The maximum Gasteiger partial charge on any atom is 0.227 e. The Labute approximate surface area is 185 Å². The van der Waals surface area contributed by atoms with E-state index in [1.54, 1.807) is 16.2 Å². The van der Waals surface area contributed by atoms with Crippen LogP contribution in [0.3, 0.4) is 0 Å². The summed E-state index contributed by atoms with van der Waals surface area (Å²) in [6.45, 7) is 2.45. The molecule has 2 heterocycles. The molecule has 4 nitrogen and oxygen atoms in total. The maximum absolute atomic E-state index is 13.2. The highest BCUT2D eigenvalue weighted by molar-refractivity contribution is 7.10. The van der Waals surface area contributed by atoms with Crippen molar-refractivity contribution in [3.05, 3.63) is 87.1 Å². The van der Waals surface area contributed by atoms with Gasteiger partial charge in [0, 0.05) is 28.6 Å². The van der Waals surface area contributed by atoms with E-state index in [0.717, 1.165) is 21.7 Å². The van der Waals surface area contributed by atoms with Crippen LogP contribution >= 0.6 is 22.9 Å². The minimum atomic E-state index is -0.310. The molecule has 0 saturated carbocycles. The Bertz CT molecular complexity index is 1020. The summed E-state index contributed by atoms with van der Waals surface area (Å²) in [5, 5.41) is 5.72. The van der Waals surface area contributed by atoms with Gasteiger partial charge in [-0.05, 0) is 54.6 Å². The third-order valence-electron chi connectivity index (χ3n) is 5.46. The summed E-state index contributed by atoms with van der Waals surface area (Å²) in [6.07, 6.45) is 0.894. The van der Waals surface area contributed by atoms with Crippen LogP contribution in [0.15, 0.2) is 66.0 Å². The lowest BCUT2D eigenvalue weighted by Gasteiger charge is -2.40. The number of hydrogen-bond acceptors (Lipinski definition) is 3. The van der Waals surface area contributed by atoms with Gasteiger partial charge in [0.2, 0.25) is 11.8 Å². The first-order valence-corrected chi connectivity index (χ1v) is 11.2. The van der Waals surface area contributed by atoms with Crippen LogP contribution in [0.5, 0.6) is 0 Å². The number of nitrogens with zero attached hydrogens (tertiary/aromatic N) is 1. The van der Waals surface area contributed by atoms with E-state index in [2.05, 4.69) is 5.32 Å². The lowest BCUT2D eigenvalue weighted by molar-refractivity contribution is -0.129. The van der Waals surface area contributed by atoms with E-state index < -0.39 is 0 Å². The molecular formula is C24H23ClN2O2S. The third kappa shape index (κ3) is 4.42. The zero-order chi connectivity index (χ0) is 21.1. The van der Waals surface area contributed by atoms with Crippen molar-refractivity contribution in [3.63, 3.8) is 0 Å². The van der Waals surface area contributed by atoms with Crippen molar-refractivity contribution in [2.24, 2.45) is 5.92 Å². The second kappa shape index (κ2) is 9.02. The van der Waals surface area contributed by atoms with Crippen LogP contribution in [0, 0.1) is 12.8 Å². The van der Waals surface area contributed by atoms with Crippen molar-refractivity contribution in [2.75, 3.05) is 4.90 Å². The SMILES string of the molecule is Cc1ccc(N2C(=O)CC[C@@H](C(=O)NCc3ccc(Cl)cc3)[C@@H]2c2cccs2)cc1. The van der Waals surface area contributed by atoms with Crippen molar-refractivity contribution in [1.82, 2.24) is 5.32 Å². The summed E-state index contributed by atoms with van der Waals surface area (Å²) in [6, 6.07) is 19.0. The molecule has 0 spiro atoms. The molecule has 1 N–H and O–H groups in total. The van der Waals surface area contributed by atoms with Gasteiger partial charge in [-0.15, -0.1) is 11.3 Å². The van der Waals surface area contributed by atoms with Crippen LogP contribution in [0.2, 0.25) is 5.02 Å². The van der Waals surface area contributed by atoms with Crippen molar-refractivity contribution in [2.45, 2.75) is 32.4 Å². The standard InChI is InChI=1S/C24H23ClN2O2S/c1-16-4-10-19(11-5-16)27-22(28)13-12-20(23(27)21-3-2-14-30-21)24(29)26-15-17-6-8-18(25)9-7-17/h2-11,14,20,23H,12-13,15H2,1H3,(H,26,29)/t20-,23-/m1/s1. The molecule has 2 amide bonds. The summed E-state index contributed by atoms with van der Waals surface area (Å²) in [5.41, 5.74) is 2.95. The first-order chi connectivity index (χ1) is 14.5. The largest absolute Gasteiger partial charge is 0.352 e. The highest BCUT2D eigenvalue weighted by Gasteiger charge is 2.41. The summed E-state index contributed by atoms with van der Waals surface area (Å²) < 4.78 is 0. The molecule has 30 heavy (non-hydrogen) atoms. The van der Waals surface area contributed by atoms with Gasteiger partial charge in [0.05, 0.1) is 12.0 Å². The normalized spacial score (nSPS) is 19.0. The van der Waals surface area contributed by atoms with Crippen molar-refractivity contribution in [3.8, 4) is 0 Å². The number of anilines is 1. The molecule has 1 aliphatic rings. The number of thiophene rings is 1. The molecule has 4 rings (SSSR count). The number of carbonyl (C=O) groups excluding carboxylic acids is 2. The Morgan fingerprint density at radius 3 is 2.53 bits per heavy atom. The van der Waals surface area contributed by atoms with Gasteiger partial charge in [0.25, 0.3) is 0 Å². The Morgan fingerprint density at radius 2 is 1.87 bits per heavy atom. The highest BCUT2D eigenvalue weighted by atomic mass is 35.5. The number of piperidine rings is 1. The van der Waals surface area contributed by atoms with E-state index >= 15 is 0 Å². The lowest BCUT2D eigenvalue weighted by atomic mass is 9.86. The maximum atomic E-state index is 13.2. The predicted octanol–water partition coefficient (Wildman–Crippen LogP) is 5.51. The molecule has 0 bridgehead atoms. The number of aryl methyl sites for hydroxylation is 1. The van der Waals surface area contributed by atoms with Gasteiger partial charge >= 0.3 is 0 Å². The molecule has 2 atom stereocenters. The number of halogens is 1. The molecule has 154 valence electrons. The minimum Gasteiger partial charge on any atom is -0.352 e. The van der Waals surface area contributed by atoms with Gasteiger partial charge in [-0.2, -0.15) is 0 Å². The van der Waals surface area contributed by atoms with Crippen molar-refractivity contribution < 1.29 is 9.59 Å². The van der Waals surface area contributed by atoms with Crippen LogP contribution < -0.4 is 10.2 Å². The molecule has 1 fully saturated rings. The molecule has 6 heteroatoms. The molecular weight excluding hydrogens is 416 g/mol. The molecule has 0 unspecified atom stereocenters. The fraction of sp³-hybridized carbons (Fsp3) is 0.250. The van der Waals surface area contributed by atoms with Gasteiger partial charge in [0.15, 0.2) is 0 Å². The molecule has 2 aromatic carbocycles. The lowest BCUT2D eigenvalue weighted by Crippen LogP contribution is -2.48. The van der Waals surface area contributed by atoms with Gasteiger partial charge in [-0.3, -0.25) is 9.59 Å². The zero-order valence-corrected chi connectivity index (χ0v) is 18.2. The van der Waals surface area contributed by atoms with E-state index in [0.29, 0.717) is 24.4 Å². The average Bonchev–Trinajstić information content (AvgIpc) is 3.28. The Balaban J connectivity index is 1.60. The number of carbonyl (C=O) groups is 2. The second-order valence-electron chi connectivity index (χ2n) is 7.55. The minimum absolute atomic E-state index is 0.0343. The highest BCUT2D eigenvalue weighted by Crippen LogP contribution is 2.41. The van der Waals surface area contributed by atoms with Gasteiger partial charge in [-0.25, -0.2) is 0 Å². The van der Waals surface area contributed by atoms with Crippen LogP contribution in [-0.2, 0) is 16.1 Å². The van der Waals surface area contributed by atoms with E-state index in [9.17, 15) is 9.59 Å². The number of benzene rings is 2. The first-order valence-electron chi connectivity index (χ1n) is 9.97. The fourth-order valence-electron chi connectivity index (χ4n) is 3.88. The predicted molar refractivity (Wildman–Crippen MR) is 122 cm³/mol. The number of nitrogens with one attached hydrogen (secondary N) is 1.